The standard InChI is InChI=1S/C46H41N3O2/c1-26(2)33-23-30(28-15-9-8-10-16-28)24-34(27(3)4)40(33)49-41-31-18-12-11-17-29(31)21-22-36(41)47-44(49)35-25-37-43(51-45(48-37)46(5,6)7)39-32-19-13-14-20-38(32)50-42(35)39/h8-27H,1-7H3. The van der Waals surface area contributed by atoms with Gasteiger partial charge in [0.15, 0.2) is 5.58 Å². The summed E-state index contributed by atoms with van der Waals surface area (Å²) in [6.07, 6.45) is 0. The van der Waals surface area contributed by atoms with E-state index in [1.165, 1.54) is 33.3 Å². The van der Waals surface area contributed by atoms with Crippen LogP contribution in [0.15, 0.2) is 118 Å². The van der Waals surface area contributed by atoms with Crippen molar-refractivity contribution < 1.29 is 8.83 Å². The van der Waals surface area contributed by atoms with E-state index in [0.29, 0.717) is 5.89 Å². The average molecular weight is 668 g/mol. The summed E-state index contributed by atoms with van der Waals surface area (Å²) in [5.41, 5.74) is 11.9. The maximum atomic E-state index is 6.81. The van der Waals surface area contributed by atoms with E-state index in [4.69, 9.17) is 18.8 Å². The molecule has 5 nitrogen and oxygen atoms in total. The first kappa shape index (κ1) is 31.3. The van der Waals surface area contributed by atoms with Crippen LogP contribution in [-0.4, -0.2) is 14.5 Å². The second-order valence-corrected chi connectivity index (χ2v) is 15.4. The van der Waals surface area contributed by atoms with E-state index in [1.54, 1.807) is 0 Å². The van der Waals surface area contributed by atoms with Crippen LogP contribution >= 0.6 is 0 Å². The Kier molecular flexibility index (Phi) is 7.01. The number of nitrogens with zero attached hydrogens (tertiary/aromatic N) is 3. The normalized spacial score (nSPS) is 12.6. The van der Waals surface area contributed by atoms with E-state index >= 15 is 0 Å². The highest BCUT2D eigenvalue weighted by Gasteiger charge is 2.29. The van der Waals surface area contributed by atoms with Crippen molar-refractivity contribution in [2.45, 2.75) is 65.7 Å². The largest absolute Gasteiger partial charge is 0.455 e. The third-order valence-electron chi connectivity index (χ3n) is 10.2. The molecule has 0 bridgehead atoms. The summed E-state index contributed by atoms with van der Waals surface area (Å²) in [7, 11) is 0. The molecule has 0 unspecified atom stereocenters. The molecule has 0 fully saturated rings. The van der Waals surface area contributed by atoms with E-state index in [1.807, 2.05) is 12.1 Å². The van der Waals surface area contributed by atoms with Crippen LogP contribution in [-0.2, 0) is 5.41 Å². The number of hydrogen-bond acceptors (Lipinski definition) is 4. The van der Waals surface area contributed by atoms with Gasteiger partial charge in [-0.15, -0.1) is 0 Å². The fourth-order valence-electron chi connectivity index (χ4n) is 7.61. The van der Waals surface area contributed by atoms with Gasteiger partial charge in [-0.2, -0.15) is 0 Å². The molecular formula is C46H41N3O2. The van der Waals surface area contributed by atoms with Gasteiger partial charge >= 0.3 is 0 Å². The molecule has 9 aromatic rings. The molecular weight excluding hydrogens is 627 g/mol. The molecule has 0 aliphatic rings. The molecule has 0 spiro atoms. The fourth-order valence-corrected chi connectivity index (χ4v) is 7.61. The first-order valence-electron chi connectivity index (χ1n) is 18.0. The SMILES string of the molecule is CC(C)c1cc(-c2ccccc2)cc(C(C)C)c1-n1c(-c2cc3nc(C(C)(C)C)oc3c3c2oc2ccccc23)nc2ccc3ccccc3c21. The van der Waals surface area contributed by atoms with E-state index in [0.717, 1.165) is 60.8 Å². The van der Waals surface area contributed by atoms with Gasteiger partial charge in [-0.05, 0) is 69.8 Å². The second kappa shape index (κ2) is 11.4. The van der Waals surface area contributed by atoms with Crippen LogP contribution in [0.2, 0.25) is 0 Å². The highest BCUT2D eigenvalue weighted by Crippen LogP contribution is 2.46. The smallest absolute Gasteiger partial charge is 0.200 e. The first-order chi connectivity index (χ1) is 24.6. The Balaban J connectivity index is 1.48. The minimum atomic E-state index is -0.268. The topological polar surface area (TPSA) is 57.0 Å². The predicted octanol–water partition coefficient (Wildman–Crippen LogP) is 13.1. The van der Waals surface area contributed by atoms with Gasteiger partial charge in [-0.25, -0.2) is 9.97 Å². The van der Waals surface area contributed by atoms with Gasteiger partial charge in [0.2, 0.25) is 5.89 Å². The first-order valence-corrected chi connectivity index (χ1v) is 18.0. The summed E-state index contributed by atoms with van der Waals surface area (Å²) in [5.74, 6) is 1.99. The Morgan fingerprint density at radius 2 is 1.27 bits per heavy atom. The molecule has 3 aromatic heterocycles. The van der Waals surface area contributed by atoms with Crippen LogP contribution in [0.3, 0.4) is 0 Å². The van der Waals surface area contributed by atoms with Crippen molar-refractivity contribution in [3.63, 3.8) is 0 Å². The van der Waals surface area contributed by atoms with Crippen molar-refractivity contribution in [3.05, 3.63) is 126 Å². The molecule has 6 aromatic carbocycles. The summed E-state index contributed by atoms with van der Waals surface area (Å²) in [6.45, 7) is 15.6. The van der Waals surface area contributed by atoms with Gasteiger partial charge < -0.3 is 8.83 Å². The zero-order valence-corrected chi connectivity index (χ0v) is 30.2. The third-order valence-corrected chi connectivity index (χ3v) is 10.2. The Bertz CT molecular complexity index is 2760. The van der Waals surface area contributed by atoms with Crippen LogP contribution in [0.4, 0.5) is 0 Å². The zero-order chi connectivity index (χ0) is 35.2. The van der Waals surface area contributed by atoms with Crippen LogP contribution in [0.25, 0.3) is 83.0 Å². The molecule has 0 radical (unpaired) electrons. The monoisotopic (exact) mass is 667 g/mol. The van der Waals surface area contributed by atoms with Crippen LogP contribution < -0.4 is 0 Å². The molecule has 0 aliphatic carbocycles. The maximum absolute atomic E-state index is 6.81. The minimum absolute atomic E-state index is 0.236. The Labute approximate surface area is 297 Å². The maximum Gasteiger partial charge on any atom is 0.200 e. The lowest BCUT2D eigenvalue weighted by atomic mass is 9.88. The lowest BCUT2D eigenvalue weighted by molar-refractivity contribution is 0.412. The number of imidazole rings is 1. The fraction of sp³-hybridized carbons (Fsp3) is 0.217. The molecule has 3 heterocycles. The van der Waals surface area contributed by atoms with Gasteiger partial charge in [-0.3, -0.25) is 4.57 Å². The van der Waals surface area contributed by atoms with Gasteiger partial charge in [0.05, 0.1) is 27.7 Å². The van der Waals surface area contributed by atoms with Crippen LogP contribution in [0, 0.1) is 0 Å². The summed E-state index contributed by atoms with van der Waals surface area (Å²) in [5, 5.41) is 4.26. The van der Waals surface area contributed by atoms with Crippen molar-refractivity contribution >= 4 is 54.8 Å². The van der Waals surface area contributed by atoms with Crippen molar-refractivity contribution in [1.82, 2.24) is 14.5 Å². The average Bonchev–Trinajstić information content (AvgIpc) is 3.84. The molecule has 0 amide bonds. The number of rotatable bonds is 5. The number of hydrogen-bond donors (Lipinski definition) is 0. The van der Waals surface area contributed by atoms with Gasteiger partial charge in [0, 0.05) is 16.2 Å². The number of benzene rings is 6. The molecule has 51 heavy (non-hydrogen) atoms. The van der Waals surface area contributed by atoms with E-state index in [-0.39, 0.29) is 17.3 Å². The second-order valence-electron chi connectivity index (χ2n) is 15.4. The number of furan rings is 1. The van der Waals surface area contributed by atoms with Gasteiger partial charge in [-0.1, -0.05) is 127 Å². The van der Waals surface area contributed by atoms with Crippen molar-refractivity contribution in [1.29, 1.82) is 0 Å². The van der Waals surface area contributed by atoms with E-state index in [9.17, 15) is 0 Å². The number of fused-ring (bicyclic) bond motifs is 8. The van der Waals surface area contributed by atoms with E-state index in [2.05, 4.69) is 150 Å². The number of para-hydroxylation sites is 1. The molecule has 0 saturated heterocycles. The predicted molar refractivity (Wildman–Crippen MR) is 211 cm³/mol. The Morgan fingerprint density at radius 3 is 1.98 bits per heavy atom. The zero-order valence-electron chi connectivity index (χ0n) is 30.2. The minimum Gasteiger partial charge on any atom is -0.455 e. The molecule has 5 heteroatoms. The molecule has 0 N–H and O–H groups in total. The molecule has 9 rings (SSSR count). The molecule has 0 atom stereocenters. The Morgan fingerprint density at radius 1 is 0.608 bits per heavy atom. The quantitative estimate of drug-likeness (QED) is 0.183. The molecule has 0 aliphatic heterocycles. The van der Waals surface area contributed by atoms with Crippen molar-refractivity contribution in [2.24, 2.45) is 0 Å². The molecule has 0 saturated carbocycles. The Hall–Kier alpha value is -5.68. The number of aromatic nitrogens is 3. The van der Waals surface area contributed by atoms with Gasteiger partial charge in [0.1, 0.15) is 22.5 Å². The molecule has 252 valence electrons. The summed E-state index contributed by atoms with van der Waals surface area (Å²) in [4.78, 5) is 10.6. The summed E-state index contributed by atoms with van der Waals surface area (Å²) >= 11 is 0. The number of oxazole rings is 1. The van der Waals surface area contributed by atoms with Gasteiger partial charge in [0.25, 0.3) is 0 Å². The van der Waals surface area contributed by atoms with Crippen molar-refractivity contribution in [3.8, 4) is 28.2 Å². The van der Waals surface area contributed by atoms with Crippen LogP contribution in [0.5, 0.6) is 0 Å². The lowest BCUT2D eigenvalue weighted by Crippen LogP contribution is -2.11. The van der Waals surface area contributed by atoms with Crippen molar-refractivity contribution in [2.75, 3.05) is 0 Å². The summed E-state index contributed by atoms with van der Waals surface area (Å²) < 4.78 is 15.8. The highest BCUT2D eigenvalue weighted by atomic mass is 16.4. The summed E-state index contributed by atoms with van der Waals surface area (Å²) in [6, 6.07) is 38.8. The highest BCUT2D eigenvalue weighted by molar-refractivity contribution is 6.20. The third kappa shape index (κ3) is 4.90. The lowest BCUT2D eigenvalue weighted by Gasteiger charge is -2.24. The van der Waals surface area contributed by atoms with E-state index < -0.39 is 0 Å². The van der Waals surface area contributed by atoms with Crippen LogP contribution in [0.1, 0.15) is 77.3 Å².